The number of carbonyl (C=O) groups excluding carboxylic acids is 1. The van der Waals surface area contributed by atoms with Crippen LogP contribution in [0.1, 0.15) is 39.5 Å². The molecule has 1 aliphatic carbocycles. The van der Waals surface area contributed by atoms with Gasteiger partial charge in [0.15, 0.2) is 0 Å². The van der Waals surface area contributed by atoms with Gasteiger partial charge in [0.2, 0.25) is 5.91 Å². The molecule has 2 heterocycles. The first-order chi connectivity index (χ1) is 7.13. The van der Waals surface area contributed by atoms with Gasteiger partial charge in [-0.2, -0.15) is 0 Å². The molecule has 1 unspecified atom stereocenters. The Morgan fingerprint density at radius 1 is 1.47 bits per heavy atom. The SMILES string of the molecule is CC(=O)N1C2CCC[C@H]3NC[C@@H]1C[C@@]23C. The molecule has 3 heteroatoms. The standard InChI is InChI=1S/C12H20N2O/c1-8(15)14-9-6-12(2)10(13-7-9)4-3-5-11(12)14/h9-11,13H,3-7H2,1-2H3/t9-,10+,11?,12+/m0/s1. The third kappa shape index (κ3) is 1.13. The highest BCUT2D eigenvalue weighted by molar-refractivity contribution is 5.75. The molecule has 0 aromatic carbocycles. The normalized spacial score (nSPS) is 48.1. The fourth-order valence-corrected chi connectivity index (χ4v) is 4.26. The van der Waals surface area contributed by atoms with E-state index in [-0.39, 0.29) is 5.91 Å². The van der Waals surface area contributed by atoms with E-state index in [1.807, 2.05) is 0 Å². The van der Waals surface area contributed by atoms with E-state index in [9.17, 15) is 4.79 Å². The minimum absolute atomic E-state index is 0.276. The van der Waals surface area contributed by atoms with Crippen molar-refractivity contribution in [2.75, 3.05) is 6.54 Å². The lowest BCUT2D eigenvalue weighted by Crippen LogP contribution is -2.53. The quantitative estimate of drug-likeness (QED) is 0.647. The predicted octanol–water partition coefficient (Wildman–Crippen LogP) is 1.14. The second-order valence-electron chi connectivity index (χ2n) is 5.70. The highest BCUT2D eigenvalue weighted by atomic mass is 16.2. The summed E-state index contributed by atoms with van der Waals surface area (Å²) in [7, 11) is 0. The number of likely N-dealkylation sites (tertiary alicyclic amines) is 1. The van der Waals surface area contributed by atoms with Crippen LogP contribution >= 0.6 is 0 Å². The average molecular weight is 208 g/mol. The van der Waals surface area contributed by atoms with Crippen molar-refractivity contribution in [1.29, 1.82) is 0 Å². The summed E-state index contributed by atoms with van der Waals surface area (Å²) in [5.41, 5.74) is 0.354. The van der Waals surface area contributed by atoms with Crippen LogP contribution in [0.2, 0.25) is 0 Å². The van der Waals surface area contributed by atoms with Crippen LogP contribution in [-0.2, 0) is 4.79 Å². The molecule has 15 heavy (non-hydrogen) atoms. The highest BCUT2D eigenvalue weighted by Crippen LogP contribution is 2.51. The first-order valence-corrected chi connectivity index (χ1v) is 6.15. The van der Waals surface area contributed by atoms with Gasteiger partial charge in [-0.05, 0) is 25.7 Å². The van der Waals surface area contributed by atoms with E-state index in [0.717, 1.165) is 6.54 Å². The van der Waals surface area contributed by atoms with Crippen molar-refractivity contribution in [1.82, 2.24) is 10.2 Å². The number of amides is 1. The fraction of sp³-hybridized carbons (Fsp3) is 0.917. The lowest BCUT2D eigenvalue weighted by atomic mass is 9.66. The van der Waals surface area contributed by atoms with E-state index in [1.165, 1.54) is 25.7 Å². The second-order valence-corrected chi connectivity index (χ2v) is 5.70. The number of piperidine rings is 1. The molecule has 3 fully saturated rings. The Balaban J connectivity index is 2.00. The van der Waals surface area contributed by atoms with Gasteiger partial charge >= 0.3 is 0 Å². The maximum atomic E-state index is 11.7. The minimum atomic E-state index is 0.276. The summed E-state index contributed by atoms with van der Waals surface area (Å²) in [6.07, 6.45) is 5.00. The van der Waals surface area contributed by atoms with Crippen LogP contribution in [0, 0.1) is 5.41 Å². The lowest BCUT2D eigenvalue weighted by Gasteiger charge is -2.45. The van der Waals surface area contributed by atoms with Gasteiger partial charge < -0.3 is 10.2 Å². The Morgan fingerprint density at radius 3 is 3.00 bits per heavy atom. The van der Waals surface area contributed by atoms with Gasteiger partial charge in [0.05, 0.1) is 0 Å². The van der Waals surface area contributed by atoms with Crippen LogP contribution < -0.4 is 5.32 Å². The number of rotatable bonds is 0. The minimum Gasteiger partial charge on any atom is -0.335 e. The van der Waals surface area contributed by atoms with Crippen molar-refractivity contribution in [2.24, 2.45) is 5.41 Å². The molecule has 0 aromatic rings. The number of carbonyl (C=O) groups is 1. The zero-order valence-corrected chi connectivity index (χ0v) is 9.62. The van der Waals surface area contributed by atoms with E-state index in [0.29, 0.717) is 23.5 Å². The summed E-state index contributed by atoms with van der Waals surface area (Å²) in [6.45, 7) is 5.12. The summed E-state index contributed by atoms with van der Waals surface area (Å²) in [4.78, 5) is 13.9. The Kier molecular flexibility index (Phi) is 1.91. The predicted molar refractivity (Wildman–Crippen MR) is 58.5 cm³/mol. The van der Waals surface area contributed by atoms with E-state index >= 15 is 0 Å². The number of hydrogen-bond donors (Lipinski definition) is 1. The third-order valence-electron chi connectivity index (χ3n) is 4.90. The molecule has 0 aromatic heterocycles. The first kappa shape index (κ1) is 9.64. The summed E-state index contributed by atoms with van der Waals surface area (Å²) in [5.74, 6) is 0.276. The second kappa shape index (κ2) is 2.97. The first-order valence-electron chi connectivity index (χ1n) is 6.15. The molecular formula is C12H20N2O. The molecular weight excluding hydrogens is 188 g/mol. The lowest BCUT2D eigenvalue weighted by molar-refractivity contribution is -0.132. The van der Waals surface area contributed by atoms with Gasteiger partial charge in [-0.25, -0.2) is 0 Å². The van der Waals surface area contributed by atoms with Gasteiger partial charge in [-0.3, -0.25) is 4.79 Å². The average Bonchev–Trinajstić information content (AvgIpc) is 2.47. The molecule has 3 rings (SSSR count). The highest BCUT2D eigenvalue weighted by Gasteiger charge is 2.57. The molecule has 84 valence electrons. The molecule has 3 nitrogen and oxygen atoms in total. The Hall–Kier alpha value is -0.570. The number of nitrogens with zero attached hydrogens (tertiary/aromatic N) is 1. The summed E-state index contributed by atoms with van der Waals surface area (Å²) in [6, 6.07) is 1.62. The zero-order valence-electron chi connectivity index (χ0n) is 9.62. The van der Waals surface area contributed by atoms with Crippen molar-refractivity contribution >= 4 is 5.91 Å². The molecule has 3 aliphatic rings. The fourth-order valence-electron chi connectivity index (χ4n) is 4.26. The van der Waals surface area contributed by atoms with E-state index in [1.54, 1.807) is 6.92 Å². The maximum absolute atomic E-state index is 11.7. The third-order valence-corrected chi connectivity index (χ3v) is 4.90. The van der Waals surface area contributed by atoms with E-state index < -0.39 is 0 Å². The molecule has 0 spiro atoms. The van der Waals surface area contributed by atoms with Crippen molar-refractivity contribution < 1.29 is 4.79 Å². The van der Waals surface area contributed by atoms with Gasteiger partial charge in [0.25, 0.3) is 0 Å². The molecule has 2 bridgehead atoms. The number of hydrogen-bond acceptors (Lipinski definition) is 2. The summed E-state index contributed by atoms with van der Waals surface area (Å²) < 4.78 is 0. The number of nitrogens with one attached hydrogen (secondary N) is 1. The largest absolute Gasteiger partial charge is 0.335 e. The van der Waals surface area contributed by atoms with Crippen molar-refractivity contribution in [3.8, 4) is 0 Å². The maximum Gasteiger partial charge on any atom is 0.220 e. The molecule has 1 saturated carbocycles. The van der Waals surface area contributed by atoms with Crippen molar-refractivity contribution in [3.05, 3.63) is 0 Å². The summed E-state index contributed by atoms with van der Waals surface area (Å²) >= 11 is 0. The summed E-state index contributed by atoms with van der Waals surface area (Å²) in [5, 5.41) is 3.64. The Labute approximate surface area is 91.2 Å². The van der Waals surface area contributed by atoms with E-state index in [4.69, 9.17) is 0 Å². The molecule has 1 amide bonds. The van der Waals surface area contributed by atoms with Gasteiger partial charge in [0, 0.05) is 37.0 Å². The smallest absolute Gasteiger partial charge is 0.220 e. The molecule has 2 aliphatic heterocycles. The van der Waals surface area contributed by atoms with E-state index in [2.05, 4.69) is 17.1 Å². The Bertz CT molecular complexity index is 304. The van der Waals surface area contributed by atoms with Crippen LogP contribution in [0.15, 0.2) is 0 Å². The van der Waals surface area contributed by atoms with Crippen LogP contribution in [0.4, 0.5) is 0 Å². The monoisotopic (exact) mass is 208 g/mol. The van der Waals surface area contributed by atoms with Crippen LogP contribution in [-0.4, -0.2) is 35.5 Å². The zero-order chi connectivity index (χ0) is 10.6. The van der Waals surface area contributed by atoms with Crippen molar-refractivity contribution in [3.63, 3.8) is 0 Å². The topological polar surface area (TPSA) is 32.3 Å². The van der Waals surface area contributed by atoms with Crippen LogP contribution in [0.5, 0.6) is 0 Å². The van der Waals surface area contributed by atoms with Gasteiger partial charge in [-0.1, -0.05) is 6.92 Å². The molecule has 0 radical (unpaired) electrons. The van der Waals surface area contributed by atoms with Crippen LogP contribution in [0.25, 0.3) is 0 Å². The van der Waals surface area contributed by atoms with Gasteiger partial charge in [0.1, 0.15) is 0 Å². The molecule has 4 atom stereocenters. The van der Waals surface area contributed by atoms with Gasteiger partial charge in [-0.15, -0.1) is 0 Å². The van der Waals surface area contributed by atoms with Crippen LogP contribution in [0.3, 0.4) is 0 Å². The van der Waals surface area contributed by atoms with Crippen molar-refractivity contribution in [2.45, 2.75) is 57.7 Å². The molecule has 2 saturated heterocycles. The molecule has 1 N–H and O–H groups in total. The number of fused-ring (bicyclic) bond motifs is 1. The Morgan fingerprint density at radius 2 is 2.27 bits per heavy atom.